The number of carbonyl (C=O) groups is 4. The van der Waals surface area contributed by atoms with Crippen LogP contribution in [-0.2, 0) is 19.2 Å². The average Bonchev–Trinajstić information content (AvgIpc) is 3.48. The van der Waals surface area contributed by atoms with E-state index < -0.39 is 35.6 Å². The van der Waals surface area contributed by atoms with Crippen LogP contribution < -0.4 is 10.6 Å². The van der Waals surface area contributed by atoms with Crippen LogP contribution in [-0.4, -0.2) is 47.1 Å². The molecule has 0 saturated heterocycles. The predicted octanol–water partition coefficient (Wildman–Crippen LogP) is 1.04. The quantitative estimate of drug-likeness (QED) is 0.328. The third-order valence-corrected chi connectivity index (χ3v) is 7.30. The molecule has 162 valence electrons. The van der Waals surface area contributed by atoms with E-state index in [0.717, 1.165) is 12.8 Å². The lowest BCUT2D eigenvalue weighted by atomic mass is 9.82. The minimum atomic E-state index is -0.912. The van der Waals surface area contributed by atoms with Crippen molar-refractivity contribution < 1.29 is 29.4 Å². The van der Waals surface area contributed by atoms with E-state index in [-0.39, 0.29) is 35.5 Å². The zero-order valence-corrected chi connectivity index (χ0v) is 16.7. The molecular weight excluding hydrogens is 388 g/mol. The Balaban J connectivity index is 1.17. The molecule has 2 amide bonds. The van der Waals surface area contributed by atoms with Gasteiger partial charge in [-0.1, -0.05) is 24.3 Å². The molecule has 0 aromatic rings. The molecular formula is C22H28N2O6. The SMILES string of the molecule is O=C(O)[C@@H]1[C@H](C(=O)NCCCCNC(=O)[C@@H]2[C@H](C(=O)O)[C@H]3C=C[C@H]2C3)[C@@H]2C=C[C@H]1C2. The zero-order chi connectivity index (χ0) is 21.4. The molecule has 30 heavy (non-hydrogen) atoms. The van der Waals surface area contributed by atoms with Gasteiger partial charge in [-0.15, -0.1) is 0 Å². The van der Waals surface area contributed by atoms with Crippen molar-refractivity contribution in [3.8, 4) is 0 Å². The van der Waals surface area contributed by atoms with Gasteiger partial charge in [0.1, 0.15) is 0 Å². The van der Waals surface area contributed by atoms with Crippen LogP contribution in [0.3, 0.4) is 0 Å². The summed E-state index contributed by atoms with van der Waals surface area (Å²) in [7, 11) is 0. The maximum absolute atomic E-state index is 12.5. The second kappa shape index (κ2) is 8.24. The number of allylic oxidation sites excluding steroid dienone is 4. The summed E-state index contributed by atoms with van der Waals surface area (Å²) in [6, 6.07) is 0. The molecule has 2 saturated carbocycles. The standard InChI is InChI=1S/C22H28N2O6/c25-19(15-11-3-5-13(9-11)17(15)21(27)28)23-7-1-2-8-24-20(26)16-12-4-6-14(10-12)18(16)22(29)30/h3-6,11-18H,1-2,7-10H2,(H,23,25)(H,24,26)(H,27,28)(H,29,30)/t11-,12+,13-,14-,15-,16+,17+,18-/m0/s1. The highest BCUT2D eigenvalue weighted by atomic mass is 16.4. The number of amides is 2. The van der Waals surface area contributed by atoms with Gasteiger partial charge < -0.3 is 20.8 Å². The number of unbranched alkanes of at least 4 members (excludes halogenated alkanes) is 1. The molecule has 8 heteroatoms. The van der Waals surface area contributed by atoms with Gasteiger partial charge in [0.25, 0.3) is 0 Å². The number of carboxylic acids is 2. The fourth-order valence-electron chi connectivity index (χ4n) is 5.94. The molecule has 0 aromatic heterocycles. The maximum atomic E-state index is 12.5. The lowest BCUT2D eigenvalue weighted by molar-refractivity contribution is -0.148. The summed E-state index contributed by atoms with van der Waals surface area (Å²) in [6.45, 7) is 0.848. The van der Waals surface area contributed by atoms with Gasteiger partial charge in [-0.2, -0.15) is 0 Å². The predicted molar refractivity (Wildman–Crippen MR) is 106 cm³/mol. The van der Waals surface area contributed by atoms with Gasteiger partial charge in [0, 0.05) is 13.1 Å². The average molecular weight is 416 g/mol. The summed E-state index contributed by atoms with van der Waals surface area (Å²) in [4.78, 5) is 48.0. The largest absolute Gasteiger partial charge is 0.481 e. The summed E-state index contributed by atoms with van der Waals surface area (Å²) >= 11 is 0. The molecule has 4 bridgehead atoms. The number of aliphatic carboxylic acids is 2. The highest BCUT2D eigenvalue weighted by Gasteiger charge is 2.52. The first-order valence-corrected chi connectivity index (χ1v) is 10.8. The number of carboxylic acid groups (broad SMARTS) is 2. The van der Waals surface area contributed by atoms with E-state index in [0.29, 0.717) is 25.9 Å². The Hall–Kier alpha value is -2.64. The molecule has 0 heterocycles. The van der Waals surface area contributed by atoms with Gasteiger partial charge in [0.15, 0.2) is 0 Å². The Morgan fingerprint density at radius 2 is 0.967 bits per heavy atom. The number of carbonyl (C=O) groups excluding carboxylic acids is 2. The zero-order valence-electron chi connectivity index (χ0n) is 16.7. The summed E-state index contributed by atoms with van der Waals surface area (Å²) in [6.07, 6.45) is 10.5. The van der Waals surface area contributed by atoms with Gasteiger partial charge in [-0.3, -0.25) is 19.2 Å². The van der Waals surface area contributed by atoms with Crippen LogP contribution in [0.15, 0.2) is 24.3 Å². The van der Waals surface area contributed by atoms with Gasteiger partial charge in [-0.05, 0) is 49.4 Å². The summed E-state index contributed by atoms with van der Waals surface area (Å²) < 4.78 is 0. The lowest BCUT2D eigenvalue weighted by Crippen LogP contribution is -2.41. The van der Waals surface area contributed by atoms with Crippen molar-refractivity contribution in [2.75, 3.05) is 13.1 Å². The van der Waals surface area contributed by atoms with E-state index in [1.807, 2.05) is 24.3 Å². The smallest absolute Gasteiger partial charge is 0.307 e. The van der Waals surface area contributed by atoms with Crippen molar-refractivity contribution in [1.29, 1.82) is 0 Å². The number of hydrogen-bond acceptors (Lipinski definition) is 4. The van der Waals surface area contributed by atoms with E-state index in [2.05, 4.69) is 10.6 Å². The van der Waals surface area contributed by atoms with Gasteiger partial charge in [-0.25, -0.2) is 0 Å². The van der Waals surface area contributed by atoms with Crippen LogP contribution in [0.2, 0.25) is 0 Å². The van der Waals surface area contributed by atoms with Crippen LogP contribution in [0, 0.1) is 47.3 Å². The Bertz CT molecular complexity index is 739. The van der Waals surface area contributed by atoms with E-state index in [1.165, 1.54) is 0 Å². The Morgan fingerprint density at radius 1 is 0.633 bits per heavy atom. The molecule has 4 aliphatic rings. The van der Waals surface area contributed by atoms with Crippen molar-refractivity contribution in [3.05, 3.63) is 24.3 Å². The summed E-state index contributed by atoms with van der Waals surface area (Å²) in [5.41, 5.74) is 0. The molecule has 8 atom stereocenters. The van der Waals surface area contributed by atoms with Crippen molar-refractivity contribution in [3.63, 3.8) is 0 Å². The first kappa shape index (κ1) is 20.6. The fraction of sp³-hybridized carbons (Fsp3) is 0.636. The Morgan fingerprint density at radius 3 is 1.30 bits per heavy atom. The third-order valence-electron chi connectivity index (χ3n) is 7.30. The third kappa shape index (κ3) is 3.63. The molecule has 0 radical (unpaired) electrons. The highest BCUT2D eigenvalue weighted by Crippen LogP contribution is 2.49. The second-order valence-corrected chi connectivity index (χ2v) is 8.97. The molecule has 4 aliphatic carbocycles. The maximum Gasteiger partial charge on any atom is 0.307 e. The molecule has 2 fully saturated rings. The second-order valence-electron chi connectivity index (χ2n) is 8.97. The van der Waals surface area contributed by atoms with Crippen LogP contribution in [0.25, 0.3) is 0 Å². The monoisotopic (exact) mass is 416 g/mol. The van der Waals surface area contributed by atoms with Crippen LogP contribution in [0.4, 0.5) is 0 Å². The van der Waals surface area contributed by atoms with Crippen LogP contribution >= 0.6 is 0 Å². The highest BCUT2D eigenvalue weighted by molar-refractivity contribution is 5.87. The molecule has 4 rings (SSSR count). The van der Waals surface area contributed by atoms with Crippen LogP contribution in [0.1, 0.15) is 25.7 Å². The number of nitrogens with one attached hydrogen (secondary N) is 2. The van der Waals surface area contributed by atoms with Crippen molar-refractivity contribution >= 4 is 23.8 Å². The first-order valence-electron chi connectivity index (χ1n) is 10.8. The summed E-state index contributed by atoms with van der Waals surface area (Å²) in [5, 5.41) is 24.6. The van der Waals surface area contributed by atoms with E-state index in [1.54, 1.807) is 0 Å². The molecule has 8 nitrogen and oxygen atoms in total. The normalized spacial score (nSPS) is 37.5. The first-order chi connectivity index (χ1) is 14.4. The number of rotatable bonds is 9. The lowest BCUT2D eigenvalue weighted by Gasteiger charge is -2.24. The number of hydrogen-bond donors (Lipinski definition) is 4. The minimum Gasteiger partial charge on any atom is -0.481 e. The number of fused-ring (bicyclic) bond motifs is 4. The van der Waals surface area contributed by atoms with Gasteiger partial charge in [0.2, 0.25) is 11.8 Å². The van der Waals surface area contributed by atoms with Gasteiger partial charge >= 0.3 is 11.9 Å². The van der Waals surface area contributed by atoms with Crippen molar-refractivity contribution in [1.82, 2.24) is 10.6 Å². The van der Waals surface area contributed by atoms with E-state index in [9.17, 15) is 29.4 Å². The van der Waals surface area contributed by atoms with Crippen molar-refractivity contribution in [2.24, 2.45) is 47.3 Å². The molecule has 0 spiro atoms. The van der Waals surface area contributed by atoms with Crippen LogP contribution in [0.5, 0.6) is 0 Å². The molecule has 0 aromatic carbocycles. The van der Waals surface area contributed by atoms with E-state index >= 15 is 0 Å². The minimum absolute atomic E-state index is 0.00774. The van der Waals surface area contributed by atoms with Crippen molar-refractivity contribution in [2.45, 2.75) is 25.7 Å². The topological polar surface area (TPSA) is 133 Å². The molecule has 4 N–H and O–H groups in total. The molecule has 0 aliphatic heterocycles. The summed E-state index contributed by atoms with van der Waals surface area (Å²) in [5.74, 6) is -4.61. The Kier molecular flexibility index (Phi) is 5.66. The Labute approximate surface area is 174 Å². The molecule has 0 unspecified atom stereocenters. The van der Waals surface area contributed by atoms with E-state index in [4.69, 9.17) is 0 Å². The fourth-order valence-corrected chi connectivity index (χ4v) is 5.94. The van der Waals surface area contributed by atoms with Gasteiger partial charge in [0.05, 0.1) is 23.7 Å².